The molecule has 26 heavy (non-hydrogen) atoms. The molecule has 0 bridgehead atoms. The van der Waals surface area contributed by atoms with Crippen LogP contribution < -0.4 is 5.32 Å². The van der Waals surface area contributed by atoms with Crippen LogP contribution >= 0.6 is 0 Å². The molecule has 10 heteroatoms. The number of rotatable bonds is 4. The fraction of sp³-hybridized carbons (Fsp3) is 0. The lowest BCUT2D eigenvalue weighted by Crippen LogP contribution is -2.17. The van der Waals surface area contributed by atoms with Crippen LogP contribution in [0.2, 0.25) is 0 Å². The van der Waals surface area contributed by atoms with E-state index in [1.54, 1.807) is 24.3 Å². The molecule has 1 N–H and O–H groups in total. The number of nitro groups is 2. The predicted molar refractivity (Wildman–Crippen MR) is 89.4 cm³/mol. The Hall–Kier alpha value is -3.95. The number of nitro benzene ring substituents is 2. The molecule has 0 spiro atoms. The number of hydrogen-bond donors (Lipinski definition) is 1. The zero-order valence-electron chi connectivity index (χ0n) is 12.9. The van der Waals surface area contributed by atoms with E-state index in [1.165, 1.54) is 12.3 Å². The first-order valence-corrected chi connectivity index (χ1v) is 7.16. The molecule has 1 aromatic heterocycles. The van der Waals surface area contributed by atoms with E-state index in [-0.39, 0.29) is 5.69 Å². The van der Waals surface area contributed by atoms with Gasteiger partial charge in [-0.15, -0.1) is 0 Å². The molecule has 0 aliphatic heterocycles. The topological polar surface area (TPSA) is 128 Å². The Morgan fingerprint density at radius 2 is 1.65 bits per heavy atom. The second-order valence-electron chi connectivity index (χ2n) is 5.17. The average Bonchev–Trinajstić information content (AvgIpc) is 2.61. The lowest BCUT2D eigenvalue weighted by Gasteiger charge is -2.09. The summed E-state index contributed by atoms with van der Waals surface area (Å²) in [6, 6.07) is 9.19. The number of amides is 1. The summed E-state index contributed by atoms with van der Waals surface area (Å²) < 4.78 is 13.5. The first-order chi connectivity index (χ1) is 12.4. The maximum Gasteiger partial charge on any atom is 0.292 e. The normalized spacial score (nSPS) is 10.5. The van der Waals surface area contributed by atoms with Gasteiger partial charge in [0, 0.05) is 11.6 Å². The minimum atomic E-state index is -1.19. The van der Waals surface area contributed by atoms with Crippen LogP contribution in [0.1, 0.15) is 10.4 Å². The number of pyridine rings is 1. The van der Waals surface area contributed by atoms with Gasteiger partial charge in [0.1, 0.15) is 5.82 Å². The van der Waals surface area contributed by atoms with Crippen molar-refractivity contribution in [3.05, 3.63) is 80.3 Å². The van der Waals surface area contributed by atoms with Gasteiger partial charge in [0.2, 0.25) is 0 Å². The third-order valence-corrected chi connectivity index (χ3v) is 3.56. The van der Waals surface area contributed by atoms with Crippen molar-refractivity contribution in [1.82, 2.24) is 4.98 Å². The Labute approximate surface area is 144 Å². The summed E-state index contributed by atoms with van der Waals surface area (Å²) in [5.74, 6) is -2.30. The lowest BCUT2D eigenvalue weighted by atomic mass is 10.1. The molecule has 0 aliphatic carbocycles. The van der Waals surface area contributed by atoms with E-state index in [4.69, 9.17) is 0 Å². The number of aromatic nitrogens is 1. The second kappa shape index (κ2) is 6.51. The molecule has 0 saturated carbocycles. The number of carbonyl (C=O) groups is 1. The van der Waals surface area contributed by atoms with Crippen molar-refractivity contribution in [2.24, 2.45) is 0 Å². The number of carbonyl (C=O) groups excluding carboxylic acids is 1. The number of benzene rings is 2. The van der Waals surface area contributed by atoms with Gasteiger partial charge in [-0.25, -0.2) is 4.39 Å². The van der Waals surface area contributed by atoms with Gasteiger partial charge in [0.25, 0.3) is 17.3 Å². The SMILES string of the molecule is O=C(Nc1cccc2cccnc12)c1c([N+](=O)[O-])cc(F)cc1[N+](=O)[O-]. The Kier molecular flexibility index (Phi) is 4.23. The molecular weight excluding hydrogens is 347 g/mol. The van der Waals surface area contributed by atoms with Crippen molar-refractivity contribution in [2.45, 2.75) is 0 Å². The van der Waals surface area contributed by atoms with Crippen LogP contribution in [0.25, 0.3) is 10.9 Å². The molecule has 9 nitrogen and oxygen atoms in total. The molecule has 3 aromatic rings. The van der Waals surface area contributed by atoms with E-state index in [1.807, 2.05) is 0 Å². The van der Waals surface area contributed by atoms with Crippen LogP contribution in [-0.2, 0) is 0 Å². The Balaban J connectivity index is 2.13. The zero-order valence-corrected chi connectivity index (χ0v) is 12.9. The van der Waals surface area contributed by atoms with Crippen LogP contribution in [0.15, 0.2) is 48.7 Å². The third kappa shape index (κ3) is 3.02. The maximum absolute atomic E-state index is 13.5. The molecule has 0 atom stereocenters. The van der Waals surface area contributed by atoms with Crippen molar-refractivity contribution in [1.29, 1.82) is 0 Å². The van der Waals surface area contributed by atoms with Gasteiger partial charge in [-0.3, -0.25) is 30.0 Å². The molecule has 0 saturated heterocycles. The summed E-state index contributed by atoms with van der Waals surface area (Å²) >= 11 is 0. The number of nitrogens with zero attached hydrogens (tertiary/aromatic N) is 3. The largest absolute Gasteiger partial charge is 0.320 e. The van der Waals surface area contributed by atoms with Crippen LogP contribution in [0.3, 0.4) is 0 Å². The number of halogens is 1. The van der Waals surface area contributed by atoms with E-state index in [2.05, 4.69) is 10.3 Å². The lowest BCUT2D eigenvalue weighted by molar-refractivity contribution is -0.394. The molecule has 3 rings (SSSR count). The molecule has 1 amide bonds. The summed E-state index contributed by atoms with van der Waals surface area (Å²) in [6.07, 6.45) is 1.49. The zero-order chi connectivity index (χ0) is 18.8. The smallest absolute Gasteiger partial charge is 0.292 e. The third-order valence-electron chi connectivity index (χ3n) is 3.56. The Bertz CT molecular complexity index is 1030. The summed E-state index contributed by atoms with van der Waals surface area (Å²) in [7, 11) is 0. The first kappa shape index (κ1) is 16.9. The van der Waals surface area contributed by atoms with Crippen molar-refractivity contribution < 1.29 is 19.0 Å². The summed E-state index contributed by atoms with van der Waals surface area (Å²) in [5.41, 5.74) is -2.23. The van der Waals surface area contributed by atoms with Crippen molar-refractivity contribution >= 4 is 33.9 Å². The Morgan fingerprint density at radius 1 is 1.04 bits per heavy atom. The fourth-order valence-corrected chi connectivity index (χ4v) is 2.49. The van der Waals surface area contributed by atoms with Crippen LogP contribution in [0.5, 0.6) is 0 Å². The minimum absolute atomic E-state index is 0.209. The minimum Gasteiger partial charge on any atom is -0.320 e. The number of hydrogen-bond acceptors (Lipinski definition) is 6. The monoisotopic (exact) mass is 356 g/mol. The van der Waals surface area contributed by atoms with Crippen molar-refractivity contribution in [2.75, 3.05) is 5.32 Å². The van der Waals surface area contributed by atoms with E-state index in [0.717, 1.165) is 0 Å². The highest BCUT2D eigenvalue weighted by Crippen LogP contribution is 2.31. The number of para-hydroxylation sites is 1. The van der Waals surface area contributed by atoms with Gasteiger partial charge in [-0.05, 0) is 12.1 Å². The molecule has 0 radical (unpaired) electrons. The highest BCUT2D eigenvalue weighted by molar-refractivity contribution is 6.12. The summed E-state index contributed by atoms with van der Waals surface area (Å²) in [5, 5.41) is 25.4. The van der Waals surface area contributed by atoms with E-state index < -0.39 is 38.5 Å². The standard InChI is InChI=1S/C16H9FN4O5/c17-10-7-12(20(23)24)14(13(8-10)21(25)26)16(22)19-11-5-1-3-9-4-2-6-18-15(9)11/h1-8H,(H,19,22). The quantitative estimate of drug-likeness (QED) is 0.563. The number of anilines is 1. The van der Waals surface area contributed by atoms with Crippen LogP contribution in [0.4, 0.5) is 21.5 Å². The van der Waals surface area contributed by atoms with Crippen molar-refractivity contribution in [3.63, 3.8) is 0 Å². The molecule has 1 heterocycles. The van der Waals surface area contributed by atoms with E-state index in [9.17, 15) is 29.4 Å². The van der Waals surface area contributed by atoms with Gasteiger partial charge in [-0.1, -0.05) is 18.2 Å². The molecule has 0 aliphatic rings. The maximum atomic E-state index is 13.5. The van der Waals surface area contributed by atoms with Gasteiger partial charge in [0.15, 0.2) is 5.56 Å². The van der Waals surface area contributed by atoms with E-state index >= 15 is 0 Å². The van der Waals surface area contributed by atoms with Crippen molar-refractivity contribution in [3.8, 4) is 0 Å². The first-order valence-electron chi connectivity index (χ1n) is 7.16. The molecule has 130 valence electrons. The average molecular weight is 356 g/mol. The fourth-order valence-electron chi connectivity index (χ4n) is 2.49. The number of nitrogens with one attached hydrogen (secondary N) is 1. The molecule has 0 unspecified atom stereocenters. The molecule has 0 fully saturated rings. The Morgan fingerprint density at radius 3 is 2.27 bits per heavy atom. The highest BCUT2D eigenvalue weighted by atomic mass is 19.1. The summed E-state index contributed by atoms with van der Waals surface area (Å²) in [4.78, 5) is 36.8. The second-order valence-corrected chi connectivity index (χ2v) is 5.17. The van der Waals surface area contributed by atoms with Gasteiger partial charge >= 0.3 is 0 Å². The van der Waals surface area contributed by atoms with Crippen LogP contribution in [-0.4, -0.2) is 20.7 Å². The van der Waals surface area contributed by atoms with Crippen LogP contribution in [0, 0.1) is 26.0 Å². The molecular formula is C16H9FN4O5. The van der Waals surface area contributed by atoms with Gasteiger partial charge in [0.05, 0.1) is 33.2 Å². The van der Waals surface area contributed by atoms with Gasteiger partial charge in [-0.2, -0.15) is 0 Å². The predicted octanol–water partition coefficient (Wildman–Crippen LogP) is 3.44. The number of fused-ring (bicyclic) bond motifs is 1. The molecule has 2 aromatic carbocycles. The highest BCUT2D eigenvalue weighted by Gasteiger charge is 2.32. The van der Waals surface area contributed by atoms with E-state index in [0.29, 0.717) is 23.0 Å². The summed E-state index contributed by atoms with van der Waals surface area (Å²) in [6.45, 7) is 0. The van der Waals surface area contributed by atoms with Gasteiger partial charge < -0.3 is 5.32 Å².